The molecule has 0 unspecified atom stereocenters. The third-order valence-corrected chi connectivity index (χ3v) is 3.77. The van der Waals surface area contributed by atoms with E-state index in [4.69, 9.17) is 11.6 Å². The van der Waals surface area contributed by atoms with Crippen LogP contribution in [-0.4, -0.2) is 25.8 Å². The van der Waals surface area contributed by atoms with Gasteiger partial charge in [0.15, 0.2) is 11.5 Å². The van der Waals surface area contributed by atoms with Crippen molar-refractivity contribution < 1.29 is 9.50 Å². The molecule has 0 aliphatic rings. The quantitative estimate of drug-likeness (QED) is 0.706. The summed E-state index contributed by atoms with van der Waals surface area (Å²) in [7, 11) is 0. The Kier molecular flexibility index (Phi) is 4.87. The van der Waals surface area contributed by atoms with Crippen molar-refractivity contribution in [1.29, 1.82) is 5.26 Å². The molecule has 0 saturated carbocycles. The molecule has 0 bridgehead atoms. The molecule has 0 radical (unpaired) electrons. The number of benzene rings is 1. The van der Waals surface area contributed by atoms with E-state index in [0.29, 0.717) is 11.4 Å². The summed E-state index contributed by atoms with van der Waals surface area (Å²) in [5, 5.41) is 19.9. The van der Waals surface area contributed by atoms with Gasteiger partial charge in [0.05, 0.1) is 16.3 Å². The van der Waals surface area contributed by atoms with Crippen molar-refractivity contribution >= 4 is 23.0 Å². The largest absolute Gasteiger partial charge is 0.505 e. The van der Waals surface area contributed by atoms with Gasteiger partial charge in [-0.05, 0) is 31.2 Å². The van der Waals surface area contributed by atoms with Crippen LogP contribution in [0.3, 0.4) is 0 Å². The number of aryl methyl sites for hydroxylation is 1. The first-order valence-corrected chi connectivity index (χ1v) is 7.78. The van der Waals surface area contributed by atoms with E-state index in [-0.39, 0.29) is 33.4 Å². The minimum Gasteiger partial charge on any atom is -0.505 e. The van der Waals surface area contributed by atoms with E-state index < -0.39 is 5.82 Å². The maximum atomic E-state index is 13.3. The molecule has 0 spiro atoms. The van der Waals surface area contributed by atoms with Crippen LogP contribution < -0.4 is 0 Å². The summed E-state index contributed by atoms with van der Waals surface area (Å²) < 4.78 is 13.3. The highest BCUT2D eigenvalue weighted by Gasteiger charge is 2.16. The van der Waals surface area contributed by atoms with Crippen LogP contribution in [-0.2, 0) is 0 Å². The van der Waals surface area contributed by atoms with Crippen LogP contribution in [0.2, 0.25) is 5.02 Å². The smallest absolute Gasteiger partial charge is 0.152 e. The second-order valence-corrected chi connectivity index (χ2v) is 5.65. The molecule has 0 fully saturated rings. The minimum absolute atomic E-state index is 0.0677. The maximum Gasteiger partial charge on any atom is 0.152 e. The number of hydrogen-bond donors (Lipinski definition) is 1. The molecule has 0 aliphatic carbocycles. The van der Waals surface area contributed by atoms with Gasteiger partial charge >= 0.3 is 0 Å². The molecule has 0 saturated heterocycles. The Balaban J connectivity index is 2.08. The van der Waals surface area contributed by atoms with Crippen molar-refractivity contribution in [3.05, 3.63) is 65.1 Å². The van der Waals surface area contributed by atoms with Crippen molar-refractivity contribution in [2.75, 3.05) is 0 Å². The highest BCUT2D eigenvalue weighted by Crippen LogP contribution is 2.30. The van der Waals surface area contributed by atoms with Crippen LogP contribution in [0.4, 0.5) is 10.1 Å². The summed E-state index contributed by atoms with van der Waals surface area (Å²) in [4.78, 5) is 16.4. The Labute approximate surface area is 153 Å². The predicted molar refractivity (Wildman–Crippen MR) is 94.9 cm³/mol. The summed E-state index contributed by atoms with van der Waals surface area (Å²) in [6, 6.07) is 7.21. The molecule has 2 heterocycles. The van der Waals surface area contributed by atoms with Crippen LogP contribution in [0.1, 0.15) is 11.4 Å². The summed E-state index contributed by atoms with van der Waals surface area (Å²) in [6.45, 7) is 1.74. The van der Waals surface area contributed by atoms with Gasteiger partial charge in [-0.2, -0.15) is 5.26 Å². The number of aromatic hydroxyl groups is 1. The number of aliphatic imine (C=N–C) groups is 1. The number of pyridine rings is 1. The Hall–Kier alpha value is -3.37. The molecule has 128 valence electrons. The van der Waals surface area contributed by atoms with Gasteiger partial charge in [-0.3, -0.25) is 4.98 Å². The number of aromatic nitrogens is 3. The van der Waals surface area contributed by atoms with E-state index in [0.717, 1.165) is 6.07 Å². The lowest BCUT2D eigenvalue weighted by Crippen LogP contribution is -2.00. The number of nitriles is 1. The normalized spacial score (nSPS) is 11.2. The summed E-state index contributed by atoms with van der Waals surface area (Å²) in [5.41, 5.74) is 1.12. The molecular formula is C18H11ClFN5O. The Morgan fingerprint density at radius 2 is 1.96 bits per heavy atom. The first-order valence-electron chi connectivity index (χ1n) is 7.41. The zero-order valence-electron chi connectivity index (χ0n) is 13.5. The lowest BCUT2D eigenvalue weighted by Gasteiger charge is -2.08. The lowest BCUT2D eigenvalue weighted by atomic mass is 10.1. The van der Waals surface area contributed by atoms with Gasteiger partial charge in [-0.1, -0.05) is 11.6 Å². The van der Waals surface area contributed by atoms with Gasteiger partial charge in [0.2, 0.25) is 0 Å². The minimum atomic E-state index is -0.586. The van der Waals surface area contributed by atoms with E-state index >= 15 is 0 Å². The van der Waals surface area contributed by atoms with Crippen LogP contribution in [0, 0.1) is 24.1 Å². The molecule has 3 aromatic rings. The number of halogens is 2. The molecule has 6 nitrogen and oxygen atoms in total. The molecule has 1 N–H and O–H groups in total. The molecule has 2 aromatic heterocycles. The van der Waals surface area contributed by atoms with Gasteiger partial charge in [-0.25, -0.2) is 19.4 Å². The number of nitrogens with zero attached hydrogens (tertiary/aromatic N) is 5. The van der Waals surface area contributed by atoms with Crippen molar-refractivity contribution in [3.8, 4) is 23.1 Å². The third-order valence-electron chi connectivity index (χ3n) is 3.48. The first kappa shape index (κ1) is 17.5. The van der Waals surface area contributed by atoms with Gasteiger partial charge in [0, 0.05) is 24.2 Å². The number of hydrogen-bond acceptors (Lipinski definition) is 6. The summed E-state index contributed by atoms with van der Waals surface area (Å²) in [6.07, 6.45) is 4.49. The highest BCUT2D eigenvalue weighted by molar-refractivity contribution is 6.31. The zero-order valence-corrected chi connectivity index (χ0v) is 14.2. The van der Waals surface area contributed by atoms with Gasteiger partial charge in [0.1, 0.15) is 23.4 Å². The van der Waals surface area contributed by atoms with Gasteiger partial charge in [-0.15, -0.1) is 0 Å². The van der Waals surface area contributed by atoms with Crippen LogP contribution in [0.25, 0.3) is 11.3 Å². The molecule has 3 rings (SSSR count). The van der Waals surface area contributed by atoms with Gasteiger partial charge < -0.3 is 5.11 Å². The fourth-order valence-corrected chi connectivity index (χ4v) is 2.38. The monoisotopic (exact) mass is 367 g/mol. The molecule has 0 atom stereocenters. The topological polar surface area (TPSA) is 95.0 Å². The van der Waals surface area contributed by atoms with Gasteiger partial charge in [0.25, 0.3) is 0 Å². The predicted octanol–water partition coefficient (Wildman–Crippen LogP) is 3.99. The second kappa shape index (κ2) is 7.25. The van der Waals surface area contributed by atoms with Crippen molar-refractivity contribution in [1.82, 2.24) is 15.0 Å². The van der Waals surface area contributed by atoms with E-state index in [9.17, 15) is 14.8 Å². The average molecular weight is 368 g/mol. The SMILES string of the molecule is Cc1ncc(-c2nccc(/C(C#N)=N/c3ccc(F)c(Cl)c3)c2O)cn1. The fraction of sp³-hybridized carbons (Fsp3) is 0.0556. The average Bonchev–Trinajstić information content (AvgIpc) is 2.64. The molecule has 0 amide bonds. The molecule has 1 aromatic carbocycles. The maximum absolute atomic E-state index is 13.3. The van der Waals surface area contributed by atoms with Crippen LogP contribution in [0.15, 0.2) is 47.8 Å². The van der Waals surface area contributed by atoms with Crippen LogP contribution >= 0.6 is 11.6 Å². The summed E-state index contributed by atoms with van der Waals surface area (Å²) in [5.74, 6) is -0.233. The Morgan fingerprint density at radius 1 is 1.23 bits per heavy atom. The molecule has 26 heavy (non-hydrogen) atoms. The van der Waals surface area contributed by atoms with Crippen molar-refractivity contribution in [2.45, 2.75) is 6.92 Å². The fourth-order valence-electron chi connectivity index (χ4n) is 2.20. The summed E-state index contributed by atoms with van der Waals surface area (Å²) >= 11 is 5.74. The second-order valence-electron chi connectivity index (χ2n) is 5.25. The lowest BCUT2D eigenvalue weighted by molar-refractivity contribution is 0.474. The molecular weight excluding hydrogens is 357 g/mol. The number of rotatable bonds is 3. The highest BCUT2D eigenvalue weighted by atomic mass is 35.5. The standard InChI is InChI=1S/C18H11ClFN5O/c1-10-23-8-11(9-24-10)17-18(26)13(4-5-22-17)16(7-21)25-12-2-3-15(20)14(19)6-12/h2-6,8-9,26H,1H3/b25-16+. The van der Waals surface area contributed by atoms with E-state index in [1.54, 1.807) is 6.92 Å². The molecule has 0 aliphatic heterocycles. The van der Waals surface area contributed by atoms with Crippen molar-refractivity contribution in [3.63, 3.8) is 0 Å². The Morgan fingerprint density at radius 3 is 2.62 bits per heavy atom. The van der Waals surface area contributed by atoms with Crippen molar-refractivity contribution in [2.24, 2.45) is 4.99 Å². The van der Waals surface area contributed by atoms with E-state index in [1.165, 1.54) is 36.8 Å². The van der Waals surface area contributed by atoms with E-state index in [2.05, 4.69) is 19.9 Å². The third kappa shape index (κ3) is 3.50. The van der Waals surface area contributed by atoms with E-state index in [1.807, 2.05) is 6.07 Å². The first-order chi connectivity index (χ1) is 12.5. The van der Waals surface area contributed by atoms with Crippen LogP contribution in [0.5, 0.6) is 5.75 Å². The zero-order chi connectivity index (χ0) is 18.7. The molecule has 8 heteroatoms. The Bertz CT molecular complexity index is 1040.